The number of hydrogen-bond acceptors (Lipinski definition) is 6. The molecule has 0 saturated heterocycles. The average Bonchev–Trinajstić information content (AvgIpc) is 3.21. The van der Waals surface area contributed by atoms with Crippen molar-refractivity contribution in [1.82, 2.24) is 15.0 Å². The van der Waals surface area contributed by atoms with Gasteiger partial charge in [0.25, 0.3) is 0 Å². The predicted molar refractivity (Wildman–Crippen MR) is 87.1 cm³/mol. The van der Waals surface area contributed by atoms with E-state index in [2.05, 4.69) is 34.4 Å². The third-order valence-corrected chi connectivity index (χ3v) is 4.70. The van der Waals surface area contributed by atoms with Crippen molar-refractivity contribution >= 4 is 23.0 Å². The molecule has 1 unspecified atom stereocenters. The summed E-state index contributed by atoms with van der Waals surface area (Å²) in [5, 5.41) is 9.86. The Kier molecular flexibility index (Phi) is 4.05. The highest BCUT2D eigenvalue weighted by Crippen LogP contribution is 2.40. The molecule has 0 aliphatic heterocycles. The van der Waals surface area contributed by atoms with Crippen LogP contribution in [0.1, 0.15) is 54.5 Å². The minimum Gasteiger partial charge on any atom is -0.373 e. The summed E-state index contributed by atoms with van der Waals surface area (Å²) in [5.74, 6) is 3.35. The molecular weight excluding hydrogens is 282 g/mol. The van der Waals surface area contributed by atoms with Gasteiger partial charge < -0.3 is 10.6 Å². The van der Waals surface area contributed by atoms with Crippen molar-refractivity contribution in [1.29, 1.82) is 0 Å². The van der Waals surface area contributed by atoms with Crippen LogP contribution in [0.2, 0.25) is 0 Å². The lowest BCUT2D eigenvalue weighted by atomic mass is 10.2. The highest BCUT2D eigenvalue weighted by Gasteiger charge is 2.28. The molecule has 2 aromatic heterocycles. The molecule has 6 heteroatoms. The van der Waals surface area contributed by atoms with Gasteiger partial charge in [-0.05, 0) is 26.2 Å². The Morgan fingerprint density at radius 2 is 2.10 bits per heavy atom. The lowest BCUT2D eigenvalue weighted by Crippen LogP contribution is -2.14. The number of anilines is 2. The highest BCUT2D eigenvalue weighted by atomic mass is 32.1. The molecule has 0 aromatic carbocycles. The zero-order valence-electron chi connectivity index (χ0n) is 12.7. The first-order valence-corrected chi connectivity index (χ1v) is 8.33. The van der Waals surface area contributed by atoms with Gasteiger partial charge in [0.05, 0.1) is 6.04 Å². The van der Waals surface area contributed by atoms with Crippen molar-refractivity contribution < 1.29 is 0 Å². The van der Waals surface area contributed by atoms with Crippen LogP contribution in [-0.2, 0) is 0 Å². The van der Waals surface area contributed by atoms with Crippen molar-refractivity contribution in [2.24, 2.45) is 0 Å². The summed E-state index contributed by atoms with van der Waals surface area (Å²) < 4.78 is 0. The quantitative estimate of drug-likeness (QED) is 0.851. The van der Waals surface area contributed by atoms with Gasteiger partial charge in [-0.25, -0.2) is 15.0 Å². The Morgan fingerprint density at radius 1 is 1.33 bits per heavy atom. The second-order valence-electron chi connectivity index (χ2n) is 5.40. The van der Waals surface area contributed by atoms with Gasteiger partial charge in [0.15, 0.2) is 0 Å². The van der Waals surface area contributed by atoms with Crippen LogP contribution in [0.15, 0.2) is 11.6 Å². The van der Waals surface area contributed by atoms with E-state index in [9.17, 15) is 0 Å². The Bertz CT molecular complexity index is 607. The molecule has 3 rings (SSSR count). The molecule has 112 valence electrons. The summed E-state index contributed by atoms with van der Waals surface area (Å²) in [6.07, 6.45) is 5.24. The van der Waals surface area contributed by atoms with Crippen molar-refractivity contribution in [2.75, 3.05) is 17.7 Å². The van der Waals surface area contributed by atoms with Crippen LogP contribution < -0.4 is 10.6 Å². The minimum absolute atomic E-state index is 0.204. The number of rotatable bonds is 6. The van der Waals surface area contributed by atoms with Gasteiger partial charge >= 0.3 is 0 Å². The number of nitrogens with one attached hydrogen (secondary N) is 2. The number of nitrogens with zero attached hydrogens (tertiary/aromatic N) is 3. The van der Waals surface area contributed by atoms with E-state index in [1.807, 2.05) is 18.6 Å². The molecule has 2 N–H and O–H groups in total. The highest BCUT2D eigenvalue weighted by molar-refractivity contribution is 7.09. The lowest BCUT2D eigenvalue weighted by Gasteiger charge is -2.19. The SMILES string of the molecule is CCC(Nc1nc(C2CC2)nc(NC)c1C)c1nccs1. The van der Waals surface area contributed by atoms with E-state index < -0.39 is 0 Å². The van der Waals surface area contributed by atoms with E-state index in [4.69, 9.17) is 4.98 Å². The number of aromatic nitrogens is 3. The monoisotopic (exact) mass is 303 g/mol. The summed E-state index contributed by atoms with van der Waals surface area (Å²) >= 11 is 1.68. The number of hydrogen-bond donors (Lipinski definition) is 2. The molecule has 2 aromatic rings. The second kappa shape index (κ2) is 5.97. The first-order chi connectivity index (χ1) is 10.2. The maximum Gasteiger partial charge on any atom is 0.136 e. The molecular formula is C15H21N5S. The molecule has 2 heterocycles. The fourth-order valence-electron chi connectivity index (χ4n) is 2.35. The third-order valence-electron chi connectivity index (χ3n) is 3.81. The fourth-order valence-corrected chi connectivity index (χ4v) is 3.12. The van der Waals surface area contributed by atoms with Crippen LogP contribution in [0, 0.1) is 6.92 Å². The smallest absolute Gasteiger partial charge is 0.136 e. The third kappa shape index (κ3) is 3.00. The van der Waals surface area contributed by atoms with E-state index >= 15 is 0 Å². The van der Waals surface area contributed by atoms with Gasteiger partial charge in [-0.15, -0.1) is 11.3 Å². The molecule has 0 radical (unpaired) electrons. The molecule has 1 fully saturated rings. The van der Waals surface area contributed by atoms with Gasteiger partial charge in [-0.3, -0.25) is 0 Å². The van der Waals surface area contributed by atoms with Crippen LogP contribution in [0.3, 0.4) is 0 Å². The van der Waals surface area contributed by atoms with E-state index in [0.717, 1.165) is 34.5 Å². The zero-order valence-corrected chi connectivity index (χ0v) is 13.5. The van der Waals surface area contributed by atoms with Crippen LogP contribution in [0.4, 0.5) is 11.6 Å². The maximum atomic E-state index is 4.76. The van der Waals surface area contributed by atoms with Gasteiger partial charge in [0.1, 0.15) is 22.5 Å². The molecule has 0 bridgehead atoms. The first kappa shape index (κ1) is 14.3. The summed E-state index contributed by atoms with van der Waals surface area (Å²) in [6, 6.07) is 0.204. The van der Waals surface area contributed by atoms with Crippen LogP contribution in [0.25, 0.3) is 0 Å². The van der Waals surface area contributed by atoms with E-state index in [1.54, 1.807) is 11.3 Å². The Hall–Kier alpha value is -1.69. The summed E-state index contributed by atoms with van der Waals surface area (Å²) in [5.41, 5.74) is 1.07. The summed E-state index contributed by atoms with van der Waals surface area (Å²) in [4.78, 5) is 13.8. The van der Waals surface area contributed by atoms with Gasteiger partial charge in [0, 0.05) is 30.1 Å². The minimum atomic E-state index is 0.204. The Morgan fingerprint density at radius 3 is 2.67 bits per heavy atom. The standard InChI is InChI=1S/C15H21N5S/c1-4-11(15-17-7-8-21-15)18-13-9(2)12(16-3)19-14(20-13)10-5-6-10/h7-8,10-11H,4-6H2,1-3H3,(H2,16,18,19,20). The zero-order chi connectivity index (χ0) is 14.8. The van der Waals surface area contributed by atoms with Crippen LogP contribution in [-0.4, -0.2) is 22.0 Å². The number of thiazole rings is 1. The summed E-state index contributed by atoms with van der Waals surface area (Å²) in [7, 11) is 1.91. The molecule has 0 spiro atoms. The van der Waals surface area contributed by atoms with Crippen LogP contribution >= 0.6 is 11.3 Å². The Labute approximate surface area is 129 Å². The average molecular weight is 303 g/mol. The first-order valence-electron chi connectivity index (χ1n) is 7.45. The maximum absolute atomic E-state index is 4.76. The molecule has 1 aliphatic carbocycles. The predicted octanol–water partition coefficient (Wildman–Crippen LogP) is 3.72. The molecule has 1 aliphatic rings. The van der Waals surface area contributed by atoms with Crippen molar-refractivity contribution in [2.45, 2.75) is 45.1 Å². The van der Waals surface area contributed by atoms with Gasteiger partial charge in [-0.2, -0.15) is 0 Å². The molecule has 0 amide bonds. The fraction of sp³-hybridized carbons (Fsp3) is 0.533. The van der Waals surface area contributed by atoms with Gasteiger partial charge in [0.2, 0.25) is 0 Å². The van der Waals surface area contributed by atoms with Crippen LogP contribution in [0.5, 0.6) is 0 Å². The largest absolute Gasteiger partial charge is 0.373 e. The van der Waals surface area contributed by atoms with Crippen molar-refractivity contribution in [3.05, 3.63) is 28.0 Å². The van der Waals surface area contributed by atoms with Gasteiger partial charge in [-0.1, -0.05) is 6.92 Å². The Balaban J connectivity index is 1.91. The van der Waals surface area contributed by atoms with E-state index in [-0.39, 0.29) is 6.04 Å². The topological polar surface area (TPSA) is 62.7 Å². The second-order valence-corrected chi connectivity index (χ2v) is 6.33. The van der Waals surface area contributed by atoms with Crippen molar-refractivity contribution in [3.8, 4) is 0 Å². The molecule has 21 heavy (non-hydrogen) atoms. The summed E-state index contributed by atoms with van der Waals surface area (Å²) in [6.45, 7) is 4.22. The van der Waals surface area contributed by atoms with E-state index in [0.29, 0.717) is 5.92 Å². The lowest BCUT2D eigenvalue weighted by molar-refractivity contribution is 0.732. The molecule has 1 saturated carbocycles. The normalized spacial score (nSPS) is 15.8. The van der Waals surface area contributed by atoms with Crippen molar-refractivity contribution in [3.63, 3.8) is 0 Å². The molecule has 5 nitrogen and oxygen atoms in total. The molecule has 1 atom stereocenters. The van der Waals surface area contributed by atoms with E-state index in [1.165, 1.54) is 12.8 Å².